The fourth-order valence-electron chi connectivity index (χ4n) is 1.34. The molecule has 0 saturated carbocycles. The molecule has 0 aliphatic rings. The number of halogens is 2. The van der Waals surface area contributed by atoms with Crippen molar-refractivity contribution in [3.63, 3.8) is 0 Å². The monoisotopic (exact) mass is 253 g/mol. The first-order valence-electron chi connectivity index (χ1n) is 4.79. The summed E-state index contributed by atoms with van der Waals surface area (Å²) in [5.41, 5.74) is 6.96. The number of anilines is 1. The number of alkyl halides is 2. The number of nitrogens with two attached hydrogens (primary N) is 1. The summed E-state index contributed by atoms with van der Waals surface area (Å²) in [7, 11) is 0. The van der Waals surface area contributed by atoms with Crippen molar-refractivity contribution in [3.8, 4) is 11.3 Å². The van der Waals surface area contributed by atoms with Gasteiger partial charge in [0, 0.05) is 16.7 Å². The van der Waals surface area contributed by atoms with Crippen molar-refractivity contribution in [1.82, 2.24) is 9.97 Å². The zero-order valence-corrected chi connectivity index (χ0v) is 9.49. The van der Waals surface area contributed by atoms with Gasteiger partial charge in [-0.2, -0.15) is 8.78 Å². The molecule has 0 fully saturated rings. The third kappa shape index (κ3) is 3.13. The van der Waals surface area contributed by atoms with Crippen LogP contribution in [-0.2, 0) is 0 Å². The first-order chi connectivity index (χ1) is 8.15. The van der Waals surface area contributed by atoms with E-state index in [0.29, 0.717) is 22.4 Å². The largest absolute Gasteiger partial charge is 0.368 e. The first-order valence-corrected chi connectivity index (χ1v) is 5.67. The molecular weight excluding hydrogens is 244 g/mol. The normalized spacial score (nSPS) is 10.8. The van der Waals surface area contributed by atoms with Crippen molar-refractivity contribution in [1.29, 1.82) is 0 Å². The maximum atomic E-state index is 12.1. The van der Waals surface area contributed by atoms with E-state index in [9.17, 15) is 8.78 Å². The minimum Gasteiger partial charge on any atom is -0.368 e. The minimum absolute atomic E-state index is 0.188. The van der Waals surface area contributed by atoms with Crippen LogP contribution in [0.5, 0.6) is 0 Å². The molecule has 2 aromatic rings. The number of nitrogens with zero attached hydrogens (tertiary/aromatic N) is 2. The summed E-state index contributed by atoms with van der Waals surface area (Å²) in [6, 6.07) is 8.43. The third-order valence-corrected chi connectivity index (χ3v) is 2.77. The minimum atomic E-state index is -2.41. The van der Waals surface area contributed by atoms with Gasteiger partial charge in [-0.15, -0.1) is 0 Å². The third-order valence-electron chi connectivity index (χ3n) is 2.05. The van der Waals surface area contributed by atoms with E-state index in [-0.39, 0.29) is 5.95 Å². The first kappa shape index (κ1) is 11.8. The van der Waals surface area contributed by atoms with Gasteiger partial charge in [-0.05, 0) is 18.2 Å². The van der Waals surface area contributed by atoms with Crippen LogP contribution in [0.1, 0.15) is 0 Å². The Kier molecular flexibility index (Phi) is 3.53. The molecule has 6 heteroatoms. The van der Waals surface area contributed by atoms with Crippen molar-refractivity contribution in [2.75, 3.05) is 5.73 Å². The van der Waals surface area contributed by atoms with Crippen LogP contribution >= 0.6 is 11.8 Å². The van der Waals surface area contributed by atoms with Crippen molar-refractivity contribution in [2.24, 2.45) is 0 Å². The lowest BCUT2D eigenvalue weighted by molar-refractivity contribution is 0.252. The Hall–Kier alpha value is -1.69. The molecule has 0 spiro atoms. The number of aromatic nitrogens is 2. The van der Waals surface area contributed by atoms with Gasteiger partial charge >= 0.3 is 0 Å². The van der Waals surface area contributed by atoms with E-state index in [1.807, 2.05) is 0 Å². The van der Waals surface area contributed by atoms with Crippen molar-refractivity contribution >= 4 is 17.7 Å². The van der Waals surface area contributed by atoms with E-state index in [2.05, 4.69) is 9.97 Å². The maximum absolute atomic E-state index is 12.1. The van der Waals surface area contributed by atoms with Crippen LogP contribution in [0.15, 0.2) is 41.4 Å². The lowest BCUT2D eigenvalue weighted by atomic mass is 10.1. The van der Waals surface area contributed by atoms with Crippen LogP contribution in [0.25, 0.3) is 11.3 Å². The molecule has 0 aliphatic carbocycles. The summed E-state index contributed by atoms with van der Waals surface area (Å²) in [5.74, 6) is -2.22. The molecule has 88 valence electrons. The molecule has 17 heavy (non-hydrogen) atoms. The molecule has 0 radical (unpaired) electrons. The van der Waals surface area contributed by atoms with Crippen molar-refractivity contribution in [2.45, 2.75) is 10.7 Å². The Bertz CT molecular complexity index is 502. The summed E-state index contributed by atoms with van der Waals surface area (Å²) in [5, 5.41) is 0. The Morgan fingerprint density at radius 1 is 1.12 bits per heavy atom. The highest BCUT2D eigenvalue weighted by Gasteiger charge is 2.06. The summed E-state index contributed by atoms with van der Waals surface area (Å²) >= 11 is 0.515. The molecule has 1 aromatic carbocycles. The number of rotatable bonds is 3. The number of thioether (sulfide) groups is 1. The molecule has 0 amide bonds. The fourth-order valence-corrected chi connectivity index (χ4v) is 1.84. The summed E-state index contributed by atoms with van der Waals surface area (Å²) in [6.07, 6.45) is 1.56. The van der Waals surface area contributed by atoms with Crippen molar-refractivity contribution < 1.29 is 8.78 Å². The van der Waals surface area contributed by atoms with Crippen LogP contribution < -0.4 is 5.73 Å². The molecule has 0 aliphatic heterocycles. The van der Waals surface area contributed by atoms with Crippen LogP contribution in [-0.4, -0.2) is 15.7 Å². The smallest absolute Gasteiger partial charge is 0.288 e. The number of hydrogen-bond acceptors (Lipinski definition) is 4. The Morgan fingerprint density at radius 2 is 1.82 bits per heavy atom. The topological polar surface area (TPSA) is 51.8 Å². The molecular formula is C11H9F2N3S. The van der Waals surface area contributed by atoms with E-state index in [4.69, 9.17) is 5.73 Å². The highest BCUT2D eigenvalue weighted by atomic mass is 32.2. The second kappa shape index (κ2) is 5.09. The lowest BCUT2D eigenvalue weighted by Crippen LogP contribution is -1.95. The van der Waals surface area contributed by atoms with Crippen LogP contribution in [0, 0.1) is 0 Å². The van der Waals surface area contributed by atoms with Gasteiger partial charge in [-0.3, -0.25) is 0 Å². The number of benzene rings is 1. The molecule has 2 rings (SSSR count). The van der Waals surface area contributed by atoms with Crippen LogP contribution in [0.2, 0.25) is 0 Å². The molecule has 0 bridgehead atoms. The highest BCUT2D eigenvalue weighted by molar-refractivity contribution is 7.99. The predicted molar refractivity (Wildman–Crippen MR) is 63.7 cm³/mol. The SMILES string of the molecule is Nc1nccc(-c2ccc(SC(F)F)cc2)n1. The van der Waals surface area contributed by atoms with Crippen LogP contribution in [0.4, 0.5) is 14.7 Å². The maximum Gasteiger partial charge on any atom is 0.288 e. The van der Waals surface area contributed by atoms with Gasteiger partial charge in [0.25, 0.3) is 5.76 Å². The van der Waals surface area contributed by atoms with Gasteiger partial charge in [0.2, 0.25) is 5.95 Å². The Morgan fingerprint density at radius 3 is 2.41 bits per heavy atom. The standard InChI is InChI=1S/C11H9F2N3S/c12-10(13)17-8-3-1-7(2-4-8)9-5-6-15-11(14)16-9/h1-6,10H,(H2,14,15,16). The Balaban J connectivity index is 2.23. The van der Waals surface area contributed by atoms with E-state index in [1.54, 1.807) is 36.5 Å². The predicted octanol–water partition coefficient (Wildman–Crippen LogP) is 3.04. The molecule has 1 aromatic heterocycles. The van der Waals surface area contributed by atoms with E-state index < -0.39 is 5.76 Å². The van der Waals surface area contributed by atoms with Gasteiger partial charge in [-0.1, -0.05) is 23.9 Å². The van der Waals surface area contributed by atoms with Gasteiger partial charge < -0.3 is 5.73 Å². The van der Waals surface area contributed by atoms with Crippen molar-refractivity contribution in [3.05, 3.63) is 36.5 Å². The van der Waals surface area contributed by atoms with Gasteiger partial charge in [0.15, 0.2) is 0 Å². The Labute approximate surface area is 101 Å². The quantitative estimate of drug-likeness (QED) is 0.854. The van der Waals surface area contributed by atoms with Gasteiger partial charge in [0.05, 0.1) is 5.69 Å². The van der Waals surface area contributed by atoms with E-state index >= 15 is 0 Å². The fraction of sp³-hybridized carbons (Fsp3) is 0.0909. The van der Waals surface area contributed by atoms with Gasteiger partial charge in [-0.25, -0.2) is 9.97 Å². The van der Waals surface area contributed by atoms with E-state index in [0.717, 1.165) is 5.56 Å². The number of hydrogen-bond donors (Lipinski definition) is 1. The molecule has 0 atom stereocenters. The zero-order chi connectivity index (χ0) is 12.3. The zero-order valence-electron chi connectivity index (χ0n) is 8.68. The molecule has 3 nitrogen and oxygen atoms in total. The average Bonchev–Trinajstić information content (AvgIpc) is 2.29. The summed E-state index contributed by atoms with van der Waals surface area (Å²) in [6.45, 7) is 0. The molecule has 2 N–H and O–H groups in total. The molecule has 1 heterocycles. The van der Waals surface area contributed by atoms with E-state index in [1.165, 1.54) is 0 Å². The lowest BCUT2D eigenvalue weighted by Gasteiger charge is -2.03. The summed E-state index contributed by atoms with van der Waals surface area (Å²) < 4.78 is 24.2. The molecule has 0 saturated heterocycles. The molecule has 0 unspecified atom stereocenters. The van der Waals surface area contributed by atoms with Crippen LogP contribution in [0.3, 0.4) is 0 Å². The average molecular weight is 253 g/mol. The van der Waals surface area contributed by atoms with Gasteiger partial charge in [0.1, 0.15) is 0 Å². The summed E-state index contributed by atoms with van der Waals surface area (Å²) in [4.78, 5) is 8.35. The highest BCUT2D eigenvalue weighted by Crippen LogP contribution is 2.27. The second-order valence-corrected chi connectivity index (χ2v) is 4.27. The second-order valence-electron chi connectivity index (χ2n) is 3.20. The number of nitrogen functional groups attached to an aromatic ring is 1.